The van der Waals surface area contributed by atoms with Crippen molar-refractivity contribution in [2.75, 3.05) is 37.4 Å². The van der Waals surface area contributed by atoms with E-state index in [0.717, 1.165) is 58.2 Å². The zero-order valence-corrected chi connectivity index (χ0v) is 20.2. The number of aromatic nitrogens is 5. The van der Waals surface area contributed by atoms with E-state index < -0.39 is 0 Å². The van der Waals surface area contributed by atoms with E-state index >= 15 is 0 Å². The van der Waals surface area contributed by atoms with Gasteiger partial charge in [0.2, 0.25) is 0 Å². The number of piperidine rings is 1. The van der Waals surface area contributed by atoms with Gasteiger partial charge in [0.25, 0.3) is 5.91 Å². The van der Waals surface area contributed by atoms with Crippen LogP contribution < -0.4 is 10.2 Å². The highest BCUT2D eigenvalue weighted by molar-refractivity contribution is 7.14. The molecule has 0 aliphatic carbocycles. The number of hydrogen-bond donors (Lipinski definition) is 1. The smallest absolute Gasteiger partial charge is 0.257 e. The Morgan fingerprint density at radius 3 is 2.71 bits per heavy atom. The van der Waals surface area contributed by atoms with Crippen molar-refractivity contribution < 1.29 is 4.79 Å². The first kappa shape index (κ1) is 22.3. The number of aryl methyl sites for hydroxylation is 1. The first-order chi connectivity index (χ1) is 16.5. The molecular formula is C24H26N8OS. The molecule has 5 heterocycles. The summed E-state index contributed by atoms with van der Waals surface area (Å²) >= 11 is 1.52. The fourth-order valence-electron chi connectivity index (χ4n) is 4.14. The Labute approximate surface area is 201 Å². The Morgan fingerprint density at radius 2 is 1.94 bits per heavy atom. The zero-order valence-electron chi connectivity index (χ0n) is 19.4. The van der Waals surface area contributed by atoms with E-state index in [-0.39, 0.29) is 5.91 Å². The molecule has 1 N–H and O–H groups in total. The number of likely N-dealkylation sites (tertiary alicyclic amines) is 1. The number of nitrogens with zero attached hydrogens (tertiary/aromatic N) is 7. The molecular weight excluding hydrogens is 448 g/mol. The van der Waals surface area contributed by atoms with Crippen LogP contribution in [0.5, 0.6) is 0 Å². The molecule has 1 fully saturated rings. The summed E-state index contributed by atoms with van der Waals surface area (Å²) in [5.41, 5.74) is 2.18. The van der Waals surface area contributed by atoms with Crippen molar-refractivity contribution in [3.05, 3.63) is 53.4 Å². The topological polar surface area (TPSA) is 100 Å². The van der Waals surface area contributed by atoms with Crippen LogP contribution in [-0.2, 0) is 0 Å². The Balaban J connectivity index is 1.33. The summed E-state index contributed by atoms with van der Waals surface area (Å²) in [7, 11) is 4.20. The molecule has 0 radical (unpaired) electrons. The van der Waals surface area contributed by atoms with Gasteiger partial charge in [-0.25, -0.2) is 9.97 Å². The molecule has 0 spiro atoms. The van der Waals surface area contributed by atoms with E-state index in [1.807, 2.05) is 25.1 Å². The van der Waals surface area contributed by atoms with Crippen LogP contribution in [-0.4, -0.2) is 69.2 Å². The molecule has 1 aliphatic rings. The molecule has 0 unspecified atom stereocenters. The maximum Gasteiger partial charge on any atom is 0.257 e. The molecule has 0 atom stereocenters. The van der Waals surface area contributed by atoms with E-state index in [0.29, 0.717) is 17.4 Å². The average molecular weight is 475 g/mol. The molecule has 0 saturated carbocycles. The van der Waals surface area contributed by atoms with Gasteiger partial charge in [0, 0.05) is 42.0 Å². The summed E-state index contributed by atoms with van der Waals surface area (Å²) in [6, 6.07) is 7.79. The van der Waals surface area contributed by atoms with Gasteiger partial charge >= 0.3 is 0 Å². The minimum Gasteiger partial charge on any atom is -0.357 e. The second-order valence-corrected chi connectivity index (χ2v) is 9.80. The minimum absolute atomic E-state index is 0.226. The lowest BCUT2D eigenvalue weighted by molar-refractivity contribution is 0.102. The quantitative estimate of drug-likeness (QED) is 0.468. The van der Waals surface area contributed by atoms with Crippen LogP contribution in [0.3, 0.4) is 0 Å². The van der Waals surface area contributed by atoms with Crippen LogP contribution in [0.2, 0.25) is 0 Å². The van der Waals surface area contributed by atoms with Crippen LogP contribution in [0.1, 0.15) is 28.2 Å². The van der Waals surface area contributed by atoms with Crippen molar-refractivity contribution in [1.29, 1.82) is 0 Å². The van der Waals surface area contributed by atoms with Crippen molar-refractivity contribution in [2.24, 2.45) is 0 Å². The second-order valence-electron chi connectivity index (χ2n) is 8.61. The van der Waals surface area contributed by atoms with Crippen LogP contribution in [0.4, 0.5) is 11.6 Å². The van der Waals surface area contributed by atoms with Gasteiger partial charge in [0.05, 0.1) is 11.7 Å². The summed E-state index contributed by atoms with van der Waals surface area (Å²) in [4.78, 5) is 30.9. The van der Waals surface area contributed by atoms with Gasteiger partial charge in [0.1, 0.15) is 21.7 Å². The molecule has 0 aromatic carbocycles. The molecule has 4 aromatic rings. The highest BCUT2D eigenvalue weighted by Crippen LogP contribution is 2.26. The lowest BCUT2D eigenvalue weighted by atomic mass is 10.0. The van der Waals surface area contributed by atoms with Gasteiger partial charge in [-0.2, -0.15) is 0 Å². The first-order valence-corrected chi connectivity index (χ1v) is 12.0. The number of fused-ring (bicyclic) bond motifs is 1. The first-order valence-electron chi connectivity index (χ1n) is 11.2. The molecule has 1 amide bonds. The highest BCUT2D eigenvalue weighted by Gasteiger charge is 2.22. The fraction of sp³-hybridized carbons (Fsp3) is 0.333. The number of pyridine rings is 3. The molecule has 1 saturated heterocycles. The summed E-state index contributed by atoms with van der Waals surface area (Å²) in [5, 5.41) is 13.8. The van der Waals surface area contributed by atoms with E-state index in [4.69, 9.17) is 0 Å². The third-order valence-electron chi connectivity index (χ3n) is 6.19. The summed E-state index contributed by atoms with van der Waals surface area (Å²) in [6.07, 6.45) is 7.27. The zero-order chi connectivity index (χ0) is 23.7. The molecule has 10 heteroatoms. The fourth-order valence-corrected chi connectivity index (χ4v) is 4.81. The number of amides is 1. The van der Waals surface area contributed by atoms with E-state index in [1.165, 1.54) is 11.3 Å². The molecule has 4 aromatic heterocycles. The van der Waals surface area contributed by atoms with Gasteiger partial charge in [-0.15, -0.1) is 10.2 Å². The Hall–Kier alpha value is -3.50. The monoisotopic (exact) mass is 474 g/mol. The third kappa shape index (κ3) is 4.73. The summed E-state index contributed by atoms with van der Waals surface area (Å²) in [5.74, 6) is 1.04. The maximum atomic E-state index is 13.0. The molecule has 0 bridgehead atoms. The van der Waals surface area contributed by atoms with Gasteiger partial charge in [0.15, 0.2) is 0 Å². The number of hydrogen-bond acceptors (Lipinski definition) is 9. The number of carbonyl (C=O) groups excluding carboxylic acids is 1. The van der Waals surface area contributed by atoms with Crippen molar-refractivity contribution in [1.82, 2.24) is 30.0 Å². The standard InChI is InChI=1S/C24H26N8OS/c1-15-29-30-24(34-15)18-10-17-11-21(27-14-20(17)26-13-18)28-23(33)16-4-7-25-22(12-16)32(3)19-5-8-31(2)9-6-19/h4,7,10-14,19H,5-6,8-9H2,1-3H3,(H,27,28,33). The third-order valence-corrected chi connectivity index (χ3v) is 7.07. The summed E-state index contributed by atoms with van der Waals surface area (Å²) in [6.45, 7) is 4.05. The Bertz CT molecular complexity index is 1330. The lowest BCUT2D eigenvalue weighted by Gasteiger charge is -2.35. The van der Waals surface area contributed by atoms with E-state index in [9.17, 15) is 4.79 Å². The summed E-state index contributed by atoms with van der Waals surface area (Å²) < 4.78 is 0. The van der Waals surface area contributed by atoms with E-state index in [2.05, 4.69) is 54.4 Å². The second kappa shape index (κ2) is 9.40. The largest absolute Gasteiger partial charge is 0.357 e. The Kier molecular flexibility index (Phi) is 6.16. The number of rotatable bonds is 5. The van der Waals surface area contributed by atoms with Gasteiger partial charge in [-0.1, -0.05) is 11.3 Å². The van der Waals surface area contributed by atoms with Crippen LogP contribution in [0, 0.1) is 6.92 Å². The lowest BCUT2D eigenvalue weighted by Crippen LogP contribution is -2.42. The normalized spacial score (nSPS) is 14.9. The van der Waals surface area contributed by atoms with Gasteiger partial charge in [-0.05, 0) is 64.2 Å². The SMILES string of the molecule is Cc1nnc(-c2cnc3cnc(NC(=O)c4ccnc(N(C)C5CCN(C)CC5)c4)cc3c2)s1. The van der Waals surface area contributed by atoms with Gasteiger partial charge in [-0.3, -0.25) is 9.78 Å². The number of anilines is 2. The van der Waals surface area contributed by atoms with Crippen molar-refractivity contribution in [2.45, 2.75) is 25.8 Å². The van der Waals surface area contributed by atoms with Crippen LogP contribution >= 0.6 is 11.3 Å². The molecule has 174 valence electrons. The minimum atomic E-state index is -0.226. The predicted molar refractivity (Wildman–Crippen MR) is 134 cm³/mol. The molecule has 5 rings (SSSR count). The maximum absolute atomic E-state index is 13.0. The number of carbonyl (C=O) groups is 1. The van der Waals surface area contributed by atoms with Gasteiger partial charge < -0.3 is 15.1 Å². The van der Waals surface area contributed by atoms with Crippen molar-refractivity contribution >= 4 is 39.8 Å². The molecule has 1 aliphatic heterocycles. The molecule has 34 heavy (non-hydrogen) atoms. The molecule has 9 nitrogen and oxygen atoms in total. The van der Waals surface area contributed by atoms with Crippen LogP contribution in [0.15, 0.2) is 42.9 Å². The van der Waals surface area contributed by atoms with Crippen LogP contribution in [0.25, 0.3) is 21.5 Å². The number of nitrogens with one attached hydrogen (secondary N) is 1. The van der Waals surface area contributed by atoms with Crippen molar-refractivity contribution in [3.8, 4) is 10.6 Å². The highest BCUT2D eigenvalue weighted by atomic mass is 32.1. The average Bonchev–Trinajstić information content (AvgIpc) is 3.30. The Morgan fingerprint density at radius 1 is 1.12 bits per heavy atom. The predicted octanol–water partition coefficient (Wildman–Crippen LogP) is 3.63. The van der Waals surface area contributed by atoms with Crippen molar-refractivity contribution in [3.63, 3.8) is 0 Å². The van der Waals surface area contributed by atoms with E-state index in [1.54, 1.807) is 24.7 Å².